The summed E-state index contributed by atoms with van der Waals surface area (Å²) >= 11 is 0. The standard InChI is InChI=1S/C16H27N3O/c1-3-11-19-13(2)12-18-15(19)9-10-17-16(20)14-7-5-4-6-8-14/h12,14H,3-11H2,1-2H3,(H,17,20). The molecule has 2 rings (SSSR count). The van der Waals surface area contributed by atoms with Crippen LogP contribution in [0.15, 0.2) is 6.20 Å². The molecule has 0 aliphatic heterocycles. The van der Waals surface area contributed by atoms with Crippen LogP contribution in [0.1, 0.15) is 57.0 Å². The van der Waals surface area contributed by atoms with E-state index in [2.05, 4.69) is 28.7 Å². The highest BCUT2D eigenvalue weighted by atomic mass is 16.1. The van der Waals surface area contributed by atoms with Gasteiger partial charge in [0.1, 0.15) is 5.82 Å². The summed E-state index contributed by atoms with van der Waals surface area (Å²) in [6.45, 7) is 5.98. The van der Waals surface area contributed by atoms with Crippen molar-refractivity contribution in [2.45, 2.75) is 65.3 Å². The highest BCUT2D eigenvalue weighted by Crippen LogP contribution is 2.23. The van der Waals surface area contributed by atoms with E-state index in [1.54, 1.807) is 0 Å². The van der Waals surface area contributed by atoms with E-state index in [-0.39, 0.29) is 11.8 Å². The minimum absolute atomic E-state index is 0.245. The maximum atomic E-state index is 12.1. The highest BCUT2D eigenvalue weighted by molar-refractivity contribution is 5.78. The molecule has 112 valence electrons. The smallest absolute Gasteiger partial charge is 0.223 e. The molecule has 0 radical (unpaired) electrons. The van der Waals surface area contributed by atoms with Crippen LogP contribution in [0.3, 0.4) is 0 Å². The van der Waals surface area contributed by atoms with Gasteiger partial charge in [0.15, 0.2) is 0 Å². The highest BCUT2D eigenvalue weighted by Gasteiger charge is 2.20. The van der Waals surface area contributed by atoms with Crippen molar-refractivity contribution in [1.29, 1.82) is 0 Å². The minimum Gasteiger partial charge on any atom is -0.355 e. The van der Waals surface area contributed by atoms with Crippen molar-refractivity contribution >= 4 is 5.91 Å². The predicted molar refractivity (Wildman–Crippen MR) is 80.5 cm³/mol. The first kappa shape index (κ1) is 15.1. The summed E-state index contributed by atoms with van der Waals surface area (Å²) in [4.78, 5) is 16.5. The number of hydrogen-bond acceptors (Lipinski definition) is 2. The fourth-order valence-electron chi connectivity index (χ4n) is 3.05. The van der Waals surface area contributed by atoms with Crippen molar-refractivity contribution in [3.05, 3.63) is 17.7 Å². The molecule has 1 aliphatic rings. The molecule has 4 heteroatoms. The van der Waals surface area contributed by atoms with Gasteiger partial charge in [0.25, 0.3) is 0 Å². The van der Waals surface area contributed by atoms with Crippen molar-refractivity contribution in [2.24, 2.45) is 5.92 Å². The van der Waals surface area contributed by atoms with Gasteiger partial charge in [0.05, 0.1) is 0 Å². The summed E-state index contributed by atoms with van der Waals surface area (Å²) < 4.78 is 2.26. The fraction of sp³-hybridized carbons (Fsp3) is 0.750. The van der Waals surface area contributed by atoms with E-state index in [9.17, 15) is 4.79 Å². The van der Waals surface area contributed by atoms with E-state index in [0.29, 0.717) is 6.54 Å². The number of nitrogens with one attached hydrogen (secondary N) is 1. The monoisotopic (exact) mass is 277 g/mol. The Morgan fingerprint density at radius 2 is 2.15 bits per heavy atom. The number of amides is 1. The maximum absolute atomic E-state index is 12.1. The number of imidazole rings is 1. The van der Waals surface area contributed by atoms with Crippen molar-refractivity contribution < 1.29 is 4.79 Å². The number of rotatable bonds is 6. The van der Waals surface area contributed by atoms with Crippen LogP contribution in [0.5, 0.6) is 0 Å². The first-order chi connectivity index (χ1) is 9.72. The molecule has 20 heavy (non-hydrogen) atoms. The van der Waals surface area contributed by atoms with E-state index in [4.69, 9.17) is 0 Å². The van der Waals surface area contributed by atoms with Crippen LogP contribution >= 0.6 is 0 Å². The minimum atomic E-state index is 0.245. The Hall–Kier alpha value is -1.32. The molecule has 1 heterocycles. The third-order valence-electron chi connectivity index (χ3n) is 4.21. The number of carbonyl (C=O) groups is 1. The molecule has 1 fully saturated rings. The largest absolute Gasteiger partial charge is 0.355 e. The van der Waals surface area contributed by atoms with E-state index < -0.39 is 0 Å². The molecule has 4 nitrogen and oxygen atoms in total. The van der Waals surface area contributed by atoms with E-state index in [1.165, 1.54) is 25.0 Å². The van der Waals surface area contributed by atoms with E-state index in [1.807, 2.05) is 6.20 Å². The predicted octanol–water partition coefficient (Wildman–Crippen LogP) is 2.84. The van der Waals surface area contributed by atoms with Crippen molar-refractivity contribution in [1.82, 2.24) is 14.9 Å². The van der Waals surface area contributed by atoms with Gasteiger partial charge in [-0.3, -0.25) is 4.79 Å². The SMILES string of the molecule is CCCn1c(C)cnc1CCNC(=O)C1CCCCC1. The molecule has 0 aromatic carbocycles. The molecular weight excluding hydrogens is 250 g/mol. The summed E-state index contributed by atoms with van der Waals surface area (Å²) in [6.07, 6.45) is 9.69. The van der Waals surface area contributed by atoms with Crippen LogP contribution in [0.25, 0.3) is 0 Å². The molecule has 1 aliphatic carbocycles. The van der Waals surface area contributed by atoms with Gasteiger partial charge in [0.2, 0.25) is 5.91 Å². The van der Waals surface area contributed by atoms with Crippen molar-refractivity contribution in [3.63, 3.8) is 0 Å². The molecule has 1 aromatic heterocycles. The molecule has 0 unspecified atom stereocenters. The van der Waals surface area contributed by atoms with Crippen molar-refractivity contribution in [3.8, 4) is 0 Å². The van der Waals surface area contributed by atoms with Gasteiger partial charge >= 0.3 is 0 Å². The number of carbonyl (C=O) groups excluding carboxylic acids is 1. The second-order valence-electron chi connectivity index (χ2n) is 5.84. The quantitative estimate of drug-likeness (QED) is 0.869. The average molecular weight is 277 g/mol. The lowest BCUT2D eigenvalue weighted by molar-refractivity contribution is -0.125. The van der Waals surface area contributed by atoms with Gasteiger partial charge in [-0.2, -0.15) is 0 Å². The molecule has 1 saturated carbocycles. The van der Waals surface area contributed by atoms with Crippen LogP contribution in [0, 0.1) is 12.8 Å². The number of nitrogens with zero attached hydrogens (tertiary/aromatic N) is 2. The summed E-state index contributed by atoms with van der Waals surface area (Å²) in [7, 11) is 0. The molecule has 1 aromatic rings. The maximum Gasteiger partial charge on any atom is 0.223 e. The molecular formula is C16H27N3O. The summed E-state index contributed by atoms with van der Waals surface area (Å²) in [5, 5.41) is 3.09. The Morgan fingerprint density at radius 3 is 2.85 bits per heavy atom. The van der Waals surface area contributed by atoms with E-state index >= 15 is 0 Å². The van der Waals surface area contributed by atoms with Crippen LogP contribution < -0.4 is 5.32 Å². The van der Waals surface area contributed by atoms with Crippen molar-refractivity contribution in [2.75, 3.05) is 6.54 Å². The lowest BCUT2D eigenvalue weighted by Crippen LogP contribution is -2.33. The van der Waals surface area contributed by atoms with Crippen LogP contribution in [0.4, 0.5) is 0 Å². The second-order valence-corrected chi connectivity index (χ2v) is 5.84. The average Bonchev–Trinajstić information content (AvgIpc) is 2.82. The first-order valence-electron chi connectivity index (χ1n) is 8.01. The third-order valence-corrected chi connectivity index (χ3v) is 4.21. The topological polar surface area (TPSA) is 46.9 Å². The second kappa shape index (κ2) is 7.46. The Labute approximate surface area is 122 Å². The zero-order chi connectivity index (χ0) is 14.4. The lowest BCUT2D eigenvalue weighted by Gasteiger charge is -2.20. The lowest BCUT2D eigenvalue weighted by atomic mass is 9.89. The van der Waals surface area contributed by atoms with Crippen LogP contribution in [-0.2, 0) is 17.8 Å². The molecule has 1 amide bonds. The normalized spacial score (nSPS) is 16.3. The van der Waals surface area contributed by atoms with E-state index in [0.717, 1.165) is 38.1 Å². The van der Waals surface area contributed by atoms with Gasteiger partial charge in [-0.1, -0.05) is 26.2 Å². The van der Waals surface area contributed by atoms with Gasteiger partial charge in [-0.25, -0.2) is 4.98 Å². The molecule has 0 saturated heterocycles. The number of hydrogen-bond donors (Lipinski definition) is 1. The first-order valence-corrected chi connectivity index (χ1v) is 8.01. The van der Waals surface area contributed by atoms with Crippen LogP contribution in [0.2, 0.25) is 0 Å². The number of aromatic nitrogens is 2. The van der Waals surface area contributed by atoms with Gasteiger partial charge in [0, 0.05) is 37.3 Å². The summed E-state index contributed by atoms with van der Waals surface area (Å²) in [6, 6.07) is 0. The fourth-order valence-corrected chi connectivity index (χ4v) is 3.05. The Kier molecular flexibility index (Phi) is 5.62. The number of aryl methyl sites for hydroxylation is 1. The Balaban J connectivity index is 1.79. The third kappa shape index (κ3) is 3.84. The molecule has 0 atom stereocenters. The van der Waals surface area contributed by atoms with Gasteiger partial charge in [-0.15, -0.1) is 0 Å². The Morgan fingerprint density at radius 1 is 1.40 bits per heavy atom. The zero-order valence-electron chi connectivity index (χ0n) is 12.8. The van der Waals surface area contributed by atoms with Crippen LogP contribution in [-0.4, -0.2) is 22.0 Å². The summed E-state index contributed by atoms with van der Waals surface area (Å²) in [5.41, 5.74) is 1.21. The molecule has 0 spiro atoms. The molecule has 1 N–H and O–H groups in total. The summed E-state index contributed by atoms with van der Waals surface area (Å²) in [5.74, 6) is 1.59. The van der Waals surface area contributed by atoms with Gasteiger partial charge in [-0.05, 0) is 26.2 Å². The van der Waals surface area contributed by atoms with Gasteiger partial charge < -0.3 is 9.88 Å². The Bertz CT molecular complexity index is 433. The molecule has 0 bridgehead atoms. The zero-order valence-corrected chi connectivity index (χ0v) is 12.8.